The second-order valence-electron chi connectivity index (χ2n) is 5.02. The van der Waals surface area contributed by atoms with Crippen molar-refractivity contribution in [2.75, 3.05) is 6.61 Å². The van der Waals surface area contributed by atoms with Crippen LogP contribution >= 0.6 is 0 Å². The number of hydrogen-bond acceptors (Lipinski definition) is 2. The summed E-state index contributed by atoms with van der Waals surface area (Å²) in [7, 11) is 0. The first-order valence-corrected chi connectivity index (χ1v) is 7.25. The molecule has 1 heterocycles. The summed E-state index contributed by atoms with van der Waals surface area (Å²) < 4.78 is 7.75. The van der Waals surface area contributed by atoms with E-state index in [0.29, 0.717) is 6.61 Å². The van der Waals surface area contributed by atoms with Gasteiger partial charge in [-0.25, -0.2) is 4.98 Å². The van der Waals surface area contributed by atoms with E-state index in [1.165, 1.54) is 5.56 Å². The molecule has 3 rings (SSSR count). The largest absolute Gasteiger partial charge is 0.490 e. The third kappa shape index (κ3) is 3.26. The second kappa shape index (κ2) is 6.76. The normalized spacial score (nSPS) is 10.4. The van der Waals surface area contributed by atoms with Crippen LogP contribution in [0, 0.1) is 0 Å². The van der Waals surface area contributed by atoms with Crippen LogP contribution < -0.4 is 4.74 Å². The molecule has 0 bridgehead atoms. The molecule has 0 aliphatic heterocycles. The lowest BCUT2D eigenvalue weighted by atomic mass is 10.1. The molecule has 0 atom stereocenters. The van der Waals surface area contributed by atoms with Crippen LogP contribution in [0.3, 0.4) is 0 Å². The summed E-state index contributed by atoms with van der Waals surface area (Å²) in [5, 5.41) is 0. The van der Waals surface area contributed by atoms with Gasteiger partial charge in [0.25, 0.3) is 0 Å². The molecule has 0 aliphatic carbocycles. The first-order valence-electron chi connectivity index (χ1n) is 7.25. The number of hydrogen-bond donors (Lipinski definition) is 0. The monoisotopic (exact) mass is 290 g/mol. The van der Waals surface area contributed by atoms with Gasteiger partial charge >= 0.3 is 0 Å². The summed E-state index contributed by atoms with van der Waals surface area (Å²) in [4.78, 5) is 4.29. The Kier molecular flexibility index (Phi) is 4.35. The van der Waals surface area contributed by atoms with Crippen molar-refractivity contribution >= 4 is 0 Å². The van der Waals surface area contributed by atoms with E-state index in [-0.39, 0.29) is 0 Å². The molecule has 1 aromatic heterocycles. The molecule has 0 saturated carbocycles. The highest BCUT2D eigenvalue weighted by molar-refractivity contribution is 5.61. The van der Waals surface area contributed by atoms with Gasteiger partial charge in [-0.05, 0) is 17.7 Å². The molecular formula is C19H18N2O. The fourth-order valence-corrected chi connectivity index (χ4v) is 2.37. The summed E-state index contributed by atoms with van der Waals surface area (Å²) >= 11 is 0. The number of imidazole rings is 1. The fraction of sp³-hybridized carbons (Fsp3) is 0.105. The SMILES string of the molecule is C=CCOc1cccc(-c2cncn2Cc2ccccc2)c1. The van der Waals surface area contributed by atoms with E-state index in [1.54, 1.807) is 6.08 Å². The summed E-state index contributed by atoms with van der Waals surface area (Å²) in [6.45, 7) is 4.98. The molecule has 3 nitrogen and oxygen atoms in total. The van der Waals surface area contributed by atoms with Gasteiger partial charge in [-0.3, -0.25) is 0 Å². The fourth-order valence-electron chi connectivity index (χ4n) is 2.37. The van der Waals surface area contributed by atoms with Gasteiger partial charge in [-0.2, -0.15) is 0 Å². The van der Waals surface area contributed by atoms with Crippen molar-refractivity contribution in [1.29, 1.82) is 0 Å². The quantitative estimate of drug-likeness (QED) is 0.637. The Bertz CT molecular complexity index is 747. The van der Waals surface area contributed by atoms with E-state index in [2.05, 4.69) is 46.5 Å². The highest BCUT2D eigenvalue weighted by atomic mass is 16.5. The molecule has 0 spiro atoms. The summed E-state index contributed by atoms with van der Waals surface area (Å²) in [6.07, 6.45) is 5.49. The average Bonchev–Trinajstić information content (AvgIpc) is 3.02. The molecule has 3 aromatic rings. The third-order valence-corrected chi connectivity index (χ3v) is 3.41. The Morgan fingerprint density at radius 1 is 1.09 bits per heavy atom. The molecule has 3 heteroatoms. The number of rotatable bonds is 6. The Morgan fingerprint density at radius 2 is 1.95 bits per heavy atom. The second-order valence-corrected chi connectivity index (χ2v) is 5.02. The molecule has 2 aromatic carbocycles. The first-order chi connectivity index (χ1) is 10.9. The van der Waals surface area contributed by atoms with Crippen LogP contribution in [0.25, 0.3) is 11.3 Å². The van der Waals surface area contributed by atoms with Gasteiger partial charge in [0.05, 0.1) is 18.2 Å². The lowest BCUT2D eigenvalue weighted by molar-refractivity contribution is 0.363. The highest BCUT2D eigenvalue weighted by Crippen LogP contribution is 2.24. The van der Waals surface area contributed by atoms with Gasteiger partial charge < -0.3 is 9.30 Å². The molecule has 0 fully saturated rings. The van der Waals surface area contributed by atoms with Gasteiger partial charge in [0.15, 0.2) is 0 Å². The number of ether oxygens (including phenoxy) is 1. The molecule has 0 radical (unpaired) electrons. The van der Waals surface area contributed by atoms with Crippen molar-refractivity contribution in [1.82, 2.24) is 9.55 Å². The lowest BCUT2D eigenvalue weighted by Gasteiger charge is -2.10. The Balaban J connectivity index is 1.86. The Hall–Kier alpha value is -2.81. The third-order valence-electron chi connectivity index (χ3n) is 3.41. The van der Waals surface area contributed by atoms with Crippen LogP contribution in [0.5, 0.6) is 5.75 Å². The smallest absolute Gasteiger partial charge is 0.120 e. The van der Waals surface area contributed by atoms with E-state index in [9.17, 15) is 0 Å². The van der Waals surface area contributed by atoms with Gasteiger partial charge in [-0.1, -0.05) is 55.1 Å². The maximum Gasteiger partial charge on any atom is 0.120 e. The van der Waals surface area contributed by atoms with Crippen LogP contribution in [0.2, 0.25) is 0 Å². The summed E-state index contributed by atoms with van der Waals surface area (Å²) in [5.74, 6) is 0.838. The van der Waals surface area contributed by atoms with Crippen molar-refractivity contribution in [3.63, 3.8) is 0 Å². The van der Waals surface area contributed by atoms with Crippen molar-refractivity contribution < 1.29 is 4.74 Å². The zero-order chi connectivity index (χ0) is 15.2. The molecular weight excluding hydrogens is 272 g/mol. The van der Waals surface area contributed by atoms with Crippen LogP contribution in [0.1, 0.15) is 5.56 Å². The predicted octanol–water partition coefficient (Wildman–Crippen LogP) is 4.16. The van der Waals surface area contributed by atoms with Gasteiger partial charge in [0.1, 0.15) is 12.4 Å². The van der Waals surface area contributed by atoms with Crippen LogP contribution in [0.15, 0.2) is 79.8 Å². The van der Waals surface area contributed by atoms with E-state index < -0.39 is 0 Å². The first kappa shape index (κ1) is 14.1. The van der Waals surface area contributed by atoms with E-state index >= 15 is 0 Å². The minimum Gasteiger partial charge on any atom is -0.490 e. The highest BCUT2D eigenvalue weighted by Gasteiger charge is 2.07. The maximum absolute atomic E-state index is 5.60. The number of nitrogens with zero attached hydrogens (tertiary/aromatic N) is 2. The molecule has 0 aliphatic rings. The molecule has 110 valence electrons. The summed E-state index contributed by atoms with van der Waals surface area (Å²) in [6, 6.07) is 18.4. The molecule has 0 saturated heterocycles. The molecule has 0 N–H and O–H groups in total. The van der Waals surface area contributed by atoms with Gasteiger partial charge in [0.2, 0.25) is 0 Å². The van der Waals surface area contributed by atoms with Crippen molar-refractivity contribution in [2.24, 2.45) is 0 Å². The Labute approximate surface area is 130 Å². The maximum atomic E-state index is 5.60. The number of aromatic nitrogens is 2. The van der Waals surface area contributed by atoms with Crippen molar-refractivity contribution in [3.8, 4) is 17.0 Å². The molecule has 0 amide bonds. The number of benzene rings is 2. The van der Waals surface area contributed by atoms with Gasteiger partial charge in [-0.15, -0.1) is 0 Å². The Morgan fingerprint density at radius 3 is 2.77 bits per heavy atom. The van der Waals surface area contributed by atoms with Crippen LogP contribution in [-0.4, -0.2) is 16.2 Å². The van der Waals surface area contributed by atoms with Gasteiger partial charge in [0, 0.05) is 12.1 Å². The standard InChI is InChI=1S/C19H18N2O/c1-2-11-22-18-10-6-9-17(12-18)19-13-20-15-21(19)14-16-7-4-3-5-8-16/h2-10,12-13,15H,1,11,14H2. The minimum atomic E-state index is 0.507. The van der Waals surface area contributed by atoms with Crippen LogP contribution in [-0.2, 0) is 6.54 Å². The van der Waals surface area contributed by atoms with E-state index in [4.69, 9.17) is 4.74 Å². The van der Waals surface area contributed by atoms with E-state index in [1.807, 2.05) is 36.8 Å². The zero-order valence-electron chi connectivity index (χ0n) is 12.4. The minimum absolute atomic E-state index is 0.507. The summed E-state index contributed by atoms with van der Waals surface area (Å²) in [5.41, 5.74) is 3.42. The van der Waals surface area contributed by atoms with Crippen molar-refractivity contribution in [2.45, 2.75) is 6.54 Å². The predicted molar refractivity (Wildman–Crippen MR) is 88.9 cm³/mol. The molecule has 0 unspecified atom stereocenters. The zero-order valence-corrected chi connectivity index (χ0v) is 12.4. The molecule has 22 heavy (non-hydrogen) atoms. The van der Waals surface area contributed by atoms with Crippen molar-refractivity contribution in [3.05, 3.63) is 85.3 Å². The topological polar surface area (TPSA) is 27.1 Å². The van der Waals surface area contributed by atoms with Crippen LogP contribution in [0.4, 0.5) is 0 Å². The lowest BCUT2D eigenvalue weighted by Crippen LogP contribution is -2.00. The van der Waals surface area contributed by atoms with E-state index in [0.717, 1.165) is 23.6 Å². The average molecular weight is 290 g/mol.